The highest BCUT2D eigenvalue weighted by Gasteiger charge is 2.30. The normalized spacial score (nSPS) is 15.0. The summed E-state index contributed by atoms with van der Waals surface area (Å²) < 4.78 is 68.5. The number of esters is 4. The topological polar surface area (TPSA) is 237 Å². The minimum absolute atomic E-state index is 0.00372. The number of carbonyl (C=O) groups excluding carboxylic acids is 4. The molecule has 0 saturated carbocycles. The summed E-state index contributed by atoms with van der Waals surface area (Å²) in [5, 5.41) is 10.7. The molecule has 0 heterocycles. The van der Waals surface area contributed by atoms with Crippen LogP contribution in [0, 0.1) is 0 Å². The van der Waals surface area contributed by atoms with Crippen molar-refractivity contribution in [2.24, 2.45) is 0 Å². The van der Waals surface area contributed by atoms with E-state index < -0.39 is 97.5 Å². The van der Waals surface area contributed by atoms with Gasteiger partial charge in [-0.3, -0.25) is 37.3 Å². The summed E-state index contributed by atoms with van der Waals surface area (Å²) in [7, 11) is -10.0. The van der Waals surface area contributed by atoms with Crippen molar-refractivity contribution < 1.29 is 80.2 Å². The van der Waals surface area contributed by atoms with E-state index in [1.165, 1.54) is 0 Å². The standard InChI is InChI=1S/C91H140O17P2/c1-5-9-13-17-21-25-29-33-37-41-42-46-48-52-56-60-64-68-72-76-89(94)102-82-87(108-91(96)78-74-70-66-62-58-54-50-45-40-36-32-28-24-20-16-12-8-4)84-106-110(99,100)104-80-85(92)79-103-109(97,98)105-83-86(107-90(95)77-73-69-65-61-57-53-49-44-39-35-31-27-23-19-15-11-7-3)81-101-88(93)75-71-67-63-59-55-51-47-43-38-34-30-26-22-18-14-10-6-2/h9-16,21-28,33-40,42,46-47,49-54,56,59,62-63,66,85-87,92H,5-8,17-20,29-32,41,43-45,48,55,57-58,60-61,64-65,67-84H2,1-4H3,(H,97,98)(H,99,100)/b13-9-,14-10-,15-11-,16-12-,25-21-,26-22-,27-23-,28-24-,37-33-,38-34-,39-35-,40-36-,46-42-,51-47-,53-49-,54-50-,56-52-,63-59-,66-62-. The van der Waals surface area contributed by atoms with Gasteiger partial charge in [0.05, 0.1) is 26.4 Å². The van der Waals surface area contributed by atoms with Crippen LogP contribution in [0.4, 0.5) is 0 Å². The van der Waals surface area contributed by atoms with Crippen LogP contribution in [0.15, 0.2) is 231 Å². The Morgan fingerprint density at radius 2 is 0.455 bits per heavy atom. The molecule has 0 spiro atoms. The molecule has 0 rings (SSSR count). The van der Waals surface area contributed by atoms with E-state index in [4.69, 9.17) is 37.0 Å². The molecule has 0 aromatic heterocycles. The molecule has 0 amide bonds. The molecule has 0 aromatic rings. The van der Waals surface area contributed by atoms with E-state index in [0.29, 0.717) is 38.5 Å². The second-order valence-corrected chi connectivity index (χ2v) is 28.7. The van der Waals surface area contributed by atoms with Crippen molar-refractivity contribution in [3.63, 3.8) is 0 Å². The maximum atomic E-state index is 13.1. The molecular weight excluding hydrogens is 1430 g/mol. The van der Waals surface area contributed by atoms with E-state index in [1.54, 1.807) is 0 Å². The number of aliphatic hydroxyl groups excluding tert-OH is 1. The van der Waals surface area contributed by atoms with Gasteiger partial charge in [0.1, 0.15) is 19.3 Å². The molecule has 0 aliphatic heterocycles. The fraction of sp³-hybridized carbons (Fsp3) is 0.538. The van der Waals surface area contributed by atoms with Crippen LogP contribution < -0.4 is 0 Å². The van der Waals surface area contributed by atoms with E-state index in [0.717, 1.165) is 167 Å². The van der Waals surface area contributed by atoms with Gasteiger partial charge in [0.25, 0.3) is 0 Å². The van der Waals surface area contributed by atoms with Crippen molar-refractivity contribution in [1.82, 2.24) is 0 Å². The predicted molar refractivity (Wildman–Crippen MR) is 454 cm³/mol. The van der Waals surface area contributed by atoms with Gasteiger partial charge < -0.3 is 33.8 Å². The number of carbonyl (C=O) groups is 4. The third-order valence-electron chi connectivity index (χ3n) is 15.6. The summed E-state index contributed by atoms with van der Waals surface area (Å²) in [6.07, 6.45) is 103. The van der Waals surface area contributed by atoms with Crippen molar-refractivity contribution in [2.75, 3.05) is 39.6 Å². The fourth-order valence-electron chi connectivity index (χ4n) is 9.60. The first kappa shape index (κ1) is 103. The zero-order chi connectivity index (χ0) is 80.3. The number of unbranched alkanes of at least 4 members (excludes halogenated alkanes) is 9. The first-order valence-corrected chi connectivity index (χ1v) is 43.6. The molecule has 17 nitrogen and oxygen atoms in total. The maximum absolute atomic E-state index is 13.1. The van der Waals surface area contributed by atoms with Crippen molar-refractivity contribution in [3.05, 3.63) is 231 Å². The number of phosphoric ester groups is 2. The molecule has 5 unspecified atom stereocenters. The lowest BCUT2D eigenvalue weighted by Crippen LogP contribution is -2.30. The first-order valence-electron chi connectivity index (χ1n) is 40.6. The van der Waals surface area contributed by atoms with Gasteiger partial charge in [-0.2, -0.15) is 0 Å². The van der Waals surface area contributed by atoms with Gasteiger partial charge in [-0.25, -0.2) is 9.13 Å². The summed E-state index contributed by atoms with van der Waals surface area (Å²) in [5.41, 5.74) is 0. The Morgan fingerprint density at radius 3 is 0.727 bits per heavy atom. The predicted octanol–water partition coefficient (Wildman–Crippen LogP) is 24.2. The van der Waals surface area contributed by atoms with Gasteiger partial charge in [0.2, 0.25) is 0 Å². The number of ether oxygens (including phenoxy) is 4. The van der Waals surface area contributed by atoms with Crippen LogP contribution in [0.2, 0.25) is 0 Å². The SMILES string of the molecule is CC/C=C\C/C=C\C/C=C\C/C=C\C/C=C\CCCCCC(=O)OCC(COP(=O)(O)OCC(O)COP(=O)(O)OCC(COC(=O)CCC/C=C\C/C=C\C/C=C\C/C=C\C/C=C\CC)OC(=O)CCCCCC/C=C\C/C=C\C/C=C\C/C=C\CC)OC(=O)CCC/C=C\C/C=C\C/C=C\C/C=C\C/C=C\CC. The van der Waals surface area contributed by atoms with Crippen LogP contribution in [0.3, 0.4) is 0 Å². The molecule has 110 heavy (non-hydrogen) atoms. The molecule has 616 valence electrons. The van der Waals surface area contributed by atoms with Crippen molar-refractivity contribution in [1.29, 1.82) is 0 Å². The first-order chi connectivity index (χ1) is 53.7. The molecule has 5 atom stereocenters. The molecule has 3 N–H and O–H groups in total. The lowest BCUT2D eigenvalue weighted by Gasteiger charge is -2.21. The average Bonchev–Trinajstić information content (AvgIpc) is 0.906. The Kier molecular flexibility index (Phi) is 75.2. The minimum Gasteiger partial charge on any atom is -0.462 e. The van der Waals surface area contributed by atoms with Gasteiger partial charge in [-0.15, -0.1) is 0 Å². The Bertz CT molecular complexity index is 3000. The summed E-state index contributed by atoms with van der Waals surface area (Å²) in [4.78, 5) is 73.1. The van der Waals surface area contributed by atoms with Crippen LogP contribution in [0.25, 0.3) is 0 Å². The quantitative estimate of drug-likeness (QED) is 0.0169. The Labute approximate surface area is 664 Å². The van der Waals surface area contributed by atoms with Crippen LogP contribution in [-0.4, -0.2) is 96.7 Å². The molecular formula is C91H140O17P2. The molecule has 0 aliphatic carbocycles. The smallest absolute Gasteiger partial charge is 0.462 e. The van der Waals surface area contributed by atoms with Gasteiger partial charge in [0.15, 0.2) is 12.2 Å². The lowest BCUT2D eigenvalue weighted by molar-refractivity contribution is -0.161. The Balaban J connectivity index is 5.57. The molecule has 0 bridgehead atoms. The molecule has 0 fully saturated rings. The largest absolute Gasteiger partial charge is 0.472 e. The second-order valence-electron chi connectivity index (χ2n) is 25.8. The molecule has 0 aliphatic rings. The summed E-state index contributed by atoms with van der Waals surface area (Å²) >= 11 is 0. The Morgan fingerprint density at radius 1 is 0.255 bits per heavy atom. The Hall–Kier alpha value is -6.88. The lowest BCUT2D eigenvalue weighted by atomic mass is 10.1. The summed E-state index contributed by atoms with van der Waals surface area (Å²) in [6.45, 7) is 4.18. The van der Waals surface area contributed by atoms with Crippen molar-refractivity contribution in [2.45, 2.75) is 277 Å². The molecule has 0 radical (unpaired) electrons. The van der Waals surface area contributed by atoms with Crippen LogP contribution in [0.1, 0.15) is 259 Å². The fourth-order valence-corrected chi connectivity index (χ4v) is 11.2. The molecule has 0 saturated heterocycles. The highest BCUT2D eigenvalue weighted by Crippen LogP contribution is 2.45. The van der Waals surface area contributed by atoms with Gasteiger partial charge in [-0.05, 0) is 186 Å². The molecule has 0 aromatic carbocycles. The monoisotopic (exact) mass is 1570 g/mol. The number of hydrogen-bond donors (Lipinski definition) is 3. The van der Waals surface area contributed by atoms with Gasteiger partial charge in [0, 0.05) is 25.7 Å². The van der Waals surface area contributed by atoms with Crippen molar-refractivity contribution >= 4 is 39.5 Å². The van der Waals surface area contributed by atoms with Crippen LogP contribution in [0.5, 0.6) is 0 Å². The van der Waals surface area contributed by atoms with Crippen molar-refractivity contribution in [3.8, 4) is 0 Å². The average molecular weight is 1570 g/mol. The third-order valence-corrected chi connectivity index (χ3v) is 17.5. The number of aliphatic hydroxyl groups is 1. The van der Waals surface area contributed by atoms with Crippen LogP contribution >= 0.6 is 15.6 Å². The second kappa shape index (κ2) is 80.2. The third kappa shape index (κ3) is 79.2. The summed E-state index contributed by atoms with van der Waals surface area (Å²) in [6, 6.07) is 0. The van der Waals surface area contributed by atoms with E-state index >= 15 is 0 Å². The number of phosphoric acid groups is 2. The van der Waals surface area contributed by atoms with Gasteiger partial charge in [-0.1, -0.05) is 278 Å². The van der Waals surface area contributed by atoms with E-state index in [9.17, 15) is 43.2 Å². The van der Waals surface area contributed by atoms with Gasteiger partial charge >= 0.3 is 39.5 Å². The van der Waals surface area contributed by atoms with Crippen LogP contribution in [-0.2, 0) is 65.4 Å². The number of allylic oxidation sites excluding steroid dienone is 38. The maximum Gasteiger partial charge on any atom is 0.472 e. The molecule has 19 heteroatoms. The zero-order valence-electron chi connectivity index (χ0n) is 67.3. The van der Waals surface area contributed by atoms with E-state index in [2.05, 4.69) is 234 Å². The van der Waals surface area contributed by atoms with E-state index in [1.807, 2.05) is 24.3 Å². The number of rotatable bonds is 73. The number of hydrogen-bond acceptors (Lipinski definition) is 15. The zero-order valence-corrected chi connectivity index (χ0v) is 69.1. The summed E-state index contributed by atoms with van der Waals surface area (Å²) in [5.74, 6) is -2.41. The minimum atomic E-state index is -5.02. The van der Waals surface area contributed by atoms with E-state index in [-0.39, 0.29) is 25.7 Å². The highest BCUT2D eigenvalue weighted by atomic mass is 31.2. The highest BCUT2D eigenvalue weighted by molar-refractivity contribution is 7.47.